The molecule has 3 nitrogen and oxygen atoms in total. The third kappa shape index (κ3) is 2.60. The smallest absolute Gasteiger partial charge is 0.107 e. The molecule has 100 valence electrons. The summed E-state index contributed by atoms with van der Waals surface area (Å²) >= 11 is 1.92. The van der Waals surface area contributed by atoms with Crippen LogP contribution < -0.4 is 0 Å². The van der Waals surface area contributed by atoms with Gasteiger partial charge in [0.15, 0.2) is 0 Å². The van der Waals surface area contributed by atoms with Gasteiger partial charge in [-0.2, -0.15) is 0 Å². The summed E-state index contributed by atoms with van der Waals surface area (Å²) in [6.07, 6.45) is 4.84. The van der Waals surface area contributed by atoms with Crippen molar-refractivity contribution in [3.8, 4) is 0 Å². The van der Waals surface area contributed by atoms with E-state index in [1.165, 1.54) is 34.8 Å². The van der Waals surface area contributed by atoms with Crippen LogP contribution in [0.4, 0.5) is 0 Å². The van der Waals surface area contributed by atoms with Gasteiger partial charge in [-0.05, 0) is 44.1 Å². The fraction of sp³-hybridized carbons (Fsp3) is 0.786. The topological polar surface area (TPSA) is 36.4 Å². The summed E-state index contributed by atoms with van der Waals surface area (Å²) in [7, 11) is 0. The van der Waals surface area contributed by atoms with Crippen LogP contribution in [0.2, 0.25) is 0 Å². The number of aryl methyl sites for hydroxylation is 1. The maximum Gasteiger partial charge on any atom is 0.107 e. The lowest BCUT2D eigenvalue weighted by atomic mass is 9.93. The van der Waals surface area contributed by atoms with Crippen LogP contribution in [0.3, 0.4) is 0 Å². The normalized spacial score (nSPS) is 28.6. The van der Waals surface area contributed by atoms with E-state index < -0.39 is 0 Å². The molecule has 4 heteroatoms. The first-order chi connectivity index (χ1) is 8.74. The average Bonchev–Trinajstić information content (AvgIpc) is 2.95. The number of aromatic nitrogens is 1. The zero-order valence-corrected chi connectivity index (χ0v) is 11.9. The molecule has 0 bridgehead atoms. The molecule has 0 aromatic carbocycles. The van der Waals surface area contributed by atoms with Gasteiger partial charge in [0.2, 0.25) is 0 Å². The molecular weight excluding hydrogens is 244 g/mol. The maximum atomic E-state index is 9.17. The molecule has 0 amide bonds. The standard InChI is InChI=1S/C14H22N2OS/c1-10-2-3-12-13(6-10)18-14(15-12)8-16-5-4-11(7-16)9-17/h10-11,17H,2-9H2,1H3. The first-order valence-corrected chi connectivity index (χ1v) is 7.87. The molecule has 0 radical (unpaired) electrons. The van der Waals surface area contributed by atoms with Gasteiger partial charge in [-0.3, -0.25) is 4.90 Å². The van der Waals surface area contributed by atoms with Crippen LogP contribution in [0, 0.1) is 11.8 Å². The molecule has 18 heavy (non-hydrogen) atoms. The van der Waals surface area contributed by atoms with Crippen molar-refractivity contribution >= 4 is 11.3 Å². The lowest BCUT2D eigenvalue weighted by Crippen LogP contribution is -2.20. The number of fused-ring (bicyclic) bond motifs is 1. The summed E-state index contributed by atoms with van der Waals surface area (Å²) in [6.45, 7) is 5.82. The van der Waals surface area contributed by atoms with Gasteiger partial charge in [0.25, 0.3) is 0 Å². The van der Waals surface area contributed by atoms with Gasteiger partial charge >= 0.3 is 0 Å². The summed E-state index contributed by atoms with van der Waals surface area (Å²) in [4.78, 5) is 8.78. The van der Waals surface area contributed by atoms with Crippen LogP contribution in [-0.2, 0) is 19.4 Å². The number of rotatable bonds is 3. The Hall–Kier alpha value is -0.450. The van der Waals surface area contributed by atoms with Crippen molar-refractivity contribution in [3.63, 3.8) is 0 Å². The minimum Gasteiger partial charge on any atom is -0.396 e. The number of thiazole rings is 1. The number of nitrogens with zero attached hydrogens (tertiary/aromatic N) is 2. The summed E-state index contributed by atoms with van der Waals surface area (Å²) in [5, 5.41) is 10.5. The first-order valence-electron chi connectivity index (χ1n) is 7.05. The number of hydrogen-bond donors (Lipinski definition) is 1. The average molecular weight is 266 g/mol. The van der Waals surface area contributed by atoms with E-state index in [1.807, 2.05) is 11.3 Å². The van der Waals surface area contributed by atoms with Crippen LogP contribution in [0.15, 0.2) is 0 Å². The second-order valence-corrected chi connectivity index (χ2v) is 7.07. The van der Waals surface area contributed by atoms with Crippen LogP contribution in [0.5, 0.6) is 0 Å². The highest BCUT2D eigenvalue weighted by Gasteiger charge is 2.24. The molecule has 1 fully saturated rings. The zero-order chi connectivity index (χ0) is 12.5. The van der Waals surface area contributed by atoms with Gasteiger partial charge in [0.05, 0.1) is 12.2 Å². The minimum absolute atomic E-state index is 0.336. The molecule has 1 aliphatic heterocycles. The highest BCUT2D eigenvalue weighted by atomic mass is 32.1. The fourth-order valence-corrected chi connectivity index (χ4v) is 4.38. The SMILES string of the molecule is CC1CCc2nc(CN3CCC(CO)C3)sc2C1. The van der Waals surface area contributed by atoms with Crippen molar-refractivity contribution in [3.05, 3.63) is 15.6 Å². The molecule has 3 rings (SSSR count). The van der Waals surface area contributed by atoms with Gasteiger partial charge in [0.1, 0.15) is 5.01 Å². The lowest BCUT2D eigenvalue weighted by molar-refractivity contribution is 0.220. The lowest BCUT2D eigenvalue weighted by Gasteiger charge is -2.15. The van der Waals surface area contributed by atoms with E-state index in [1.54, 1.807) is 0 Å². The predicted octanol–water partition coefficient (Wildman–Crippen LogP) is 2.08. The van der Waals surface area contributed by atoms with Crippen molar-refractivity contribution < 1.29 is 5.11 Å². The van der Waals surface area contributed by atoms with E-state index in [0.717, 1.165) is 32.0 Å². The zero-order valence-electron chi connectivity index (χ0n) is 11.1. The molecule has 2 atom stereocenters. The van der Waals surface area contributed by atoms with Gasteiger partial charge in [0, 0.05) is 18.0 Å². The largest absolute Gasteiger partial charge is 0.396 e. The van der Waals surface area contributed by atoms with Crippen LogP contribution in [0.25, 0.3) is 0 Å². The number of aliphatic hydroxyl groups excluding tert-OH is 1. The Morgan fingerprint density at radius 2 is 2.33 bits per heavy atom. The summed E-state index contributed by atoms with van der Waals surface area (Å²) in [5.74, 6) is 1.32. The summed E-state index contributed by atoms with van der Waals surface area (Å²) in [5.41, 5.74) is 1.37. The first kappa shape index (κ1) is 12.6. The third-order valence-corrected chi connectivity index (χ3v) is 5.32. The van der Waals surface area contributed by atoms with Gasteiger partial charge < -0.3 is 5.11 Å². The van der Waals surface area contributed by atoms with Crippen molar-refractivity contribution in [2.45, 2.75) is 39.2 Å². The van der Waals surface area contributed by atoms with Crippen molar-refractivity contribution in [2.24, 2.45) is 11.8 Å². The molecule has 1 saturated heterocycles. The number of aliphatic hydroxyl groups is 1. The van der Waals surface area contributed by atoms with E-state index in [2.05, 4.69) is 11.8 Å². The fourth-order valence-electron chi connectivity index (χ4n) is 3.06. The van der Waals surface area contributed by atoms with Crippen LogP contribution in [-0.4, -0.2) is 34.7 Å². The molecule has 1 N–H and O–H groups in total. The Bertz CT molecular complexity index is 418. The van der Waals surface area contributed by atoms with E-state index in [-0.39, 0.29) is 0 Å². The van der Waals surface area contributed by atoms with E-state index in [0.29, 0.717) is 12.5 Å². The molecule has 1 aromatic heterocycles. The molecule has 2 aliphatic rings. The molecule has 1 aliphatic carbocycles. The van der Waals surface area contributed by atoms with Crippen molar-refractivity contribution in [1.29, 1.82) is 0 Å². The Morgan fingerprint density at radius 3 is 3.11 bits per heavy atom. The minimum atomic E-state index is 0.336. The van der Waals surface area contributed by atoms with E-state index in [9.17, 15) is 5.11 Å². The van der Waals surface area contributed by atoms with E-state index >= 15 is 0 Å². The molecule has 0 saturated carbocycles. The van der Waals surface area contributed by atoms with Crippen LogP contribution >= 0.6 is 11.3 Å². The monoisotopic (exact) mass is 266 g/mol. The van der Waals surface area contributed by atoms with Crippen molar-refractivity contribution in [2.75, 3.05) is 19.7 Å². The molecular formula is C14H22N2OS. The van der Waals surface area contributed by atoms with Gasteiger partial charge in [-0.1, -0.05) is 6.92 Å². The second-order valence-electron chi connectivity index (χ2n) is 5.90. The Morgan fingerprint density at radius 1 is 1.44 bits per heavy atom. The van der Waals surface area contributed by atoms with Gasteiger partial charge in [-0.25, -0.2) is 4.98 Å². The predicted molar refractivity (Wildman–Crippen MR) is 73.8 cm³/mol. The highest BCUT2D eigenvalue weighted by molar-refractivity contribution is 7.11. The van der Waals surface area contributed by atoms with Crippen molar-refractivity contribution in [1.82, 2.24) is 9.88 Å². The quantitative estimate of drug-likeness (QED) is 0.910. The number of hydrogen-bond acceptors (Lipinski definition) is 4. The van der Waals surface area contributed by atoms with Crippen LogP contribution in [0.1, 0.15) is 35.3 Å². The summed E-state index contributed by atoms with van der Waals surface area (Å²) in [6, 6.07) is 0. The highest BCUT2D eigenvalue weighted by Crippen LogP contribution is 2.30. The summed E-state index contributed by atoms with van der Waals surface area (Å²) < 4.78 is 0. The maximum absolute atomic E-state index is 9.17. The Balaban J connectivity index is 1.64. The Kier molecular flexibility index (Phi) is 3.68. The molecule has 2 heterocycles. The third-order valence-electron chi connectivity index (χ3n) is 4.22. The molecule has 1 aromatic rings. The number of likely N-dealkylation sites (tertiary alicyclic amines) is 1. The van der Waals surface area contributed by atoms with Gasteiger partial charge in [-0.15, -0.1) is 11.3 Å². The second kappa shape index (κ2) is 5.27. The molecule has 0 spiro atoms. The van der Waals surface area contributed by atoms with E-state index in [4.69, 9.17) is 4.98 Å². The molecule has 2 unspecified atom stereocenters. The Labute approximate surface area is 113 Å².